The number of halogens is 2. The van der Waals surface area contributed by atoms with Gasteiger partial charge in [-0.05, 0) is 44.0 Å². The largest absolute Gasteiger partial charge is 0.273 e. The Labute approximate surface area is 174 Å². The molecule has 29 heavy (non-hydrogen) atoms. The predicted molar refractivity (Wildman–Crippen MR) is 110 cm³/mol. The third-order valence-electron chi connectivity index (χ3n) is 4.85. The van der Waals surface area contributed by atoms with Crippen molar-refractivity contribution in [2.45, 2.75) is 24.7 Å². The Hall–Kier alpha value is -2.29. The van der Waals surface area contributed by atoms with Crippen molar-refractivity contribution in [3.63, 3.8) is 0 Å². The zero-order valence-corrected chi connectivity index (χ0v) is 17.4. The lowest BCUT2D eigenvalue weighted by atomic mass is 9.98. The molecule has 0 radical (unpaired) electrons. The molecular formula is C20H21ClFN3O3S. The van der Waals surface area contributed by atoms with E-state index in [-0.39, 0.29) is 40.4 Å². The molecule has 1 heterocycles. The summed E-state index contributed by atoms with van der Waals surface area (Å²) < 4.78 is 40.5. The molecule has 0 atom stereocenters. The van der Waals surface area contributed by atoms with Gasteiger partial charge in [-0.3, -0.25) is 4.79 Å². The molecular weight excluding hydrogens is 417 g/mol. The van der Waals surface area contributed by atoms with Gasteiger partial charge in [0.15, 0.2) is 0 Å². The highest BCUT2D eigenvalue weighted by Gasteiger charge is 2.32. The molecule has 1 aliphatic rings. The molecule has 1 N–H and O–H groups in total. The lowest BCUT2D eigenvalue weighted by Crippen LogP contribution is -2.42. The zero-order valence-electron chi connectivity index (χ0n) is 15.8. The predicted octanol–water partition coefficient (Wildman–Crippen LogP) is 3.34. The van der Waals surface area contributed by atoms with E-state index in [0.717, 1.165) is 11.8 Å². The van der Waals surface area contributed by atoms with Gasteiger partial charge in [0.1, 0.15) is 5.82 Å². The summed E-state index contributed by atoms with van der Waals surface area (Å²) in [5, 5.41) is 3.97. The minimum Gasteiger partial charge on any atom is -0.273 e. The number of piperidine rings is 1. The number of hydrogen-bond acceptors (Lipinski definition) is 4. The molecule has 1 saturated heterocycles. The number of carbonyl (C=O) groups is 1. The van der Waals surface area contributed by atoms with Crippen molar-refractivity contribution in [3.05, 3.63) is 64.4 Å². The van der Waals surface area contributed by atoms with Gasteiger partial charge >= 0.3 is 0 Å². The first-order valence-corrected chi connectivity index (χ1v) is 10.9. The molecule has 0 saturated carbocycles. The number of amides is 1. The normalized spacial score (nSPS) is 16.2. The maximum Gasteiger partial charge on any atom is 0.243 e. The molecule has 2 aromatic carbocycles. The SMILES string of the molecule is Cc1ccc(S(=O)(=O)N2CCC(C(=O)N/N=C\c3c(F)cccc3Cl)CC2)cc1. The second-order valence-electron chi connectivity index (χ2n) is 6.86. The van der Waals surface area contributed by atoms with Crippen LogP contribution in [0.2, 0.25) is 5.02 Å². The standard InChI is InChI=1S/C20H21ClFN3O3S/c1-14-5-7-16(8-6-14)29(27,28)25-11-9-15(10-12-25)20(26)24-23-13-17-18(21)3-2-4-19(17)22/h2-8,13,15H,9-12H2,1H3,(H,24,26)/b23-13-. The van der Waals surface area contributed by atoms with Gasteiger partial charge in [-0.25, -0.2) is 18.2 Å². The van der Waals surface area contributed by atoms with Gasteiger partial charge in [0.05, 0.1) is 16.1 Å². The number of hydrogen-bond donors (Lipinski definition) is 1. The number of rotatable bonds is 5. The molecule has 0 aliphatic carbocycles. The van der Waals surface area contributed by atoms with E-state index in [2.05, 4.69) is 10.5 Å². The van der Waals surface area contributed by atoms with Crippen LogP contribution in [0, 0.1) is 18.7 Å². The van der Waals surface area contributed by atoms with E-state index in [0.29, 0.717) is 12.8 Å². The van der Waals surface area contributed by atoms with Gasteiger partial charge in [0.2, 0.25) is 15.9 Å². The molecule has 1 fully saturated rings. The number of carbonyl (C=O) groups excluding carboxylic acids is 1. The van der Waals surface area contributed by atoms with Crippen LogP contribution >= 0.6 is 11.6 Å². The smallest absolute Gasteiger partial charge is 0.243 e. The van der Waals surface area contributed by atoms with E-state index in [4.69, 9.17) is 11.6 Å². The van der Waals surface area contributed by atoms with Gasteiger partial charge in [-0.15, -0.1) is 0 Å². The Balaban J connectivity index is 1.57. The second-order valence-corrected chi connectivity index (χ2v) is 9.21. The zero-order chi connectivity index (χ0) is 21.0. The van der Waals surface area contributed by atoms with Crippen LogP contribution in [0.4, 0.5) is 4.39 Å². The van der Waals surface area contributed by atoms with Crippen molar-refractivity contribution in [1.29, 1.82) is 0 Å². The van der Waals surface area contributed by atoms with Crippen molar-refractivity contribution in [1.82, 2.24) is 9.73 Å². The Morgan fingerprint density at radius 1 is 1.21 bits per heavy atom. The number of sulfonamides is 1. The number of nitrogens with one attached hydrogen (secondary N) is 1. The molecule has 1 amide bonds. The first-order chi connectivity index (χ1) is 13.8. The molecule has 6 nitrogen and oxygen atoms in total. The minimum absolute atomic E-state index is 0.0912. The van der Waals surface area contributed by atoms with Crippen LogP contribution in [0.25, 0.3) is 0 Å². The van der Waals surface area contributed by atoms with Crippen molar-refractivity contribution >= 4 is 33.7 Å². The molecule has 9 heteroatoms. The first kappa shape index (κ1) is 21.4. The monoisotopic (exact) mass is 437 g/mol. The molecule has 3 rings (SSSR count). The maximum absolute atomic E-state index is 13.7. The quantitative estimate of drug-likeness (QED) is 0.575. The van der Waals surface area contributed by atoms with Crippen molar-refractivity contribution < 1.29 is 17.6 Å². The third-order valence-corrected chi connectivity index (χ3v) is 7.09. The summed E-state index contributed by atoms with van der Waals surface area (Å²) in [7, 11) is -3.57. The Morgan fingerprint density at radius 2 is 1.86 bits per heavy atom. The second kappa shape index (κ2) is 9.02. The van der Waals surface area contributed by atoms with Crippen LogP contribution in [0.5, 0.6) is 0 Å². The highest BCUT2D eigenvalue weighted by molar-refractivity contribution is 7.89. The minimum atomic E-state index is -3.57. The van der Waals surface area contributed by atoms with E-state index in [1.165, 1.54) is 22.5 Å². The number of benzene rings is 2. The fourth-order valence-electron chi connectivity index (χ4n) is 3.10. The molecule has 2 aromatic rings. The summed E-state index contributed by atoms with van der Waals surface area (Å²) in [5.41, 5.74) is 3.46. The average molecular weight is 438 g/mol. The fraction of sp³-hybridized carbons (Fsp3) is 0.300. The summed E-state index contributed by atoms with van der Waals surface area (Å²) in [6.07, 6.45) is 1.92. The lowest BCUT2D eigenvalue weighted by Gasteiger charge is -2.30. The van der Waals surface area contributed by atoms with Crippen LogP contribution in [-0.4, -0.2) is 37.9 Å². The number of aryl methyl sites for hydroxylation is 1. The van der Waals surface area contributed by atoms with Crippen molar-refractivity contribution in [3.8, 4) is 0 Å². The summed E-state index contributed by atoms with van der Waals surface area (Å²) in [6.45, 7) is 2.39. The van der Waals surface area contributed by atoms with Crippen LogP contribution < -0.4 is 5.43 Å². The number of hydrazone groups is 1. The molecule has 0 bridgehead atoms. The maximum atomic E-state index is 13.7. The van der Waals surface area contributed by atoms with Crippen molar-refractivity contribution in [2.75, 3.05) is 13.1 Å². The molecule has 0 unspecified atom stereocenters. The first-order valence-electron chi connectivity index (χ1n) is 9.13. The van der Waals surface area contributed by atoms with E-state index in [1.807, 2.05) is 6.92 Å². The summed E-state index contributed by atoms with van der Waals surface area (Å²) in [6, 6.07) is 10.9. The summed E-state index contributed by atoms with van der Waals surface area (Å²) in [5.74, 6) is -1.24. The van der Waals surface area contributed by atoms with E-state index < -0.39 is 15.8 Å². The van der Waals surface area contributed by atoms with E-state index >= 15 is 0 Å². The van der Waals surface area contributed by atoms with Gasteiger partial charge in [0, 0.05) is 24.6 Å². The van der Waals surface area contributed by atoms with Crippen LogP contribution in [0.1, 0.15) is 24.0 Å². The third kappa shape index (κ3) is 5.01. The fourth-order valence-corrected chi connectivity index (χ4v) is 4.78. The van der Waals surface area contributed by atoms with E-state index in [9.17, 15) is 17.6 Å². The summed E-state index contributed by atoms with van der Waals surface area (Å²) in [4.78, 5) is 12.5. The Bertz CT molecular complexity index is 998. The van der Waals surface area contributed by atoms with Crippen LogP contribution in [0.15, 0.2) is 52.5 Å². The molecule has 154 valence electrons. The Kier molecular flexibility index (Phi) is 6.66. The van der Waals surface area contributed by atoms with Gasteiger partial charge in [-0.2, -0.15) is 9.41 Å². The van der Waals surface area contributed by atoms with E-state index in [1.54, 1.807) is 24.3 Å². The highest BCUT2D eigenvalue weighted by Crippen LogP contribution is 2.24. The average Bonchev–Trinajstić information content (AvgIpc) is 2.70. The van der Waals surface area contributed by atoms with Crippen molar-refractivity contribution in [2.24, 2.45) is 11.0 Å². The highest BCUT2D eigenvalue weighted by atomic mass is 35.5. The summed E-state index contributed by atoms with van der Waals surface area (Å²) >= 11 is 5.91. The molecule has 1 aliphatic heterocycles. The lowest BCUT2D eigenvalue weighted by molar-refractivity contribution is -0.126. The molecule has 0 aromatic heterocycles. The van der Waals surface area contributed by atoms with Gasteiger partial charge < -0.3 is 0 Å². The van der Waals surface area contributed by atoms with Gasteiger partial charge in [0.25, 0.3) is 0 Å². The molecule has 0 spiro atoms. The topological polar surface area (TPSA) is 78.8 Å². The van der Waals surface area contributed by atoms with Gasteiger partial charge in [-0.1, -0.05) is 35.4 Å². The van der Waals surface area contributed by atoms with Crippen LogP contribution in [-0.2, 0) is 14.8 Å². The van der Waals surface area contributed by atoms with Crippen LogP contribution in [0.3, 0.4) is 0 Å². The Morgan fingerprint density at radius 3 is 2.48 bits per heavy atom. The number of nitrogens with zero attached hydrogens (tertiary/aromatic N) is 2.